The first-order valence-corrected chi connectivity index (χ1v) is 7.77. The molecule has 0 atom stereocenters. The van der Waals surface area contributed by atoms with Crippen molar-refractivity contribution >= 4 is 18.0 Å². The third-order valence-electron chi connectivity index (χ3n) is 3.79. The van der Waals surface area contributed by atoms with Gasteiger partial charge in [0.05, 0.1) is 11.3 Å². The van der Waals surface area contributed by atoms with E-state index in [0.717, 1.165) is 25.1 Å². The molecule has 2 amide bonds. The van der Waals surface area contributed by atoms with E-state index in [1.807, 2.05) is 6.07 Å². The minimum absolute atomic E-state index is 0.0226. The first kappa shape index (κ1) is 16.3. The van der Waals surface area contributed by atoms with Crippen LogP contribution in [0.3, 0.4) is 0 Å². The molecule has 0 radical (unpaired) electrons. The van der Waals surface area contributed by atoms with Gasteiger partial charge in [-0.05, 0) is 18.4 Å². The summed E-state index contributed by atoms with van der Waals surface area (Å²) in [6.07, 6.45) is 5.25. The lowest BCUT2D eigenvalue weighted by atomic mass is 10.1. The van der Waals surface area contributed by atoms with Gasteiger partial charge in [0.1, 0.15) is 0 Å². The minimum Gasteiger partial charge on any atom is -0.384 e. The highest BCUT2D eigenvalue weighted by Gasteiger charge is 2.21. The van der Waals surface area contributed by atoms with Gasteiger partial charge in [-0.15, -0.1) is 0 Å². The number of aromatic nitrogens is 1. The molecule has 1 aromatic heterocycles. The van der Waals surface area contributed by atoms with E-state index in [2.05, 4.69) is 24.1 Å². The number of hydrogen-bond donors (Lipinski definition) is 1. The Balaban J connectivity index is 1.94. The van der Waals surface area contributed by atoms with Gasteiger partial charge >= 0.3 is 0 Å². The van der Waals surface area contributed by atoms with E-state index in [1.54, 1.807) is 22.2 Å². The topological polar surface area (TPSA) is 65.5 Å². The molecule has 0 spiro atoms. The predicted octanol–water partition coefficient (Wildman–Crippen LogP) is 1.45. The summed E-state index contributed by atoms with van der Waals surface area (Å²) in [5.74, 6) is 0.616. The van der Waals surface area contributed by atoms with E-state index in [9.17, 15) is 9.59 Å². The van der Waals surface area contributed by atoms with Crippen molar-refractivity contribution in [3.8, 4) is 0 Å². The number of rotatable bonds is 6. The van der Waals surface area contributed by atoms with Crippen LogP contribution in [0.4, 0.5) is 5.69 Å². The largest absolute Gasteiger partial charge is 0.384 e. The SMILES string of the molecule is CC(C)CCNc1cncc(C(=O)N2CCN(C=O)CC2)c1. The molecule has 22 heavy (non-hydrogen) atoms. The second-order valence-corrected chi connectivity index (χ2v) is 6.01. The zero-order valence-electron chi connectivity index (χ0n) is 13.3. The van der Waals surface area contributed by atoms with Crippen LogP contribution >= 0.6 is 0 Å². The lowest BCUT2D eigenvalue weighted by molar-refractivity contribution is -0.119. The molecule has 2 rings (SSSR count). The van der Waals surface area contributed by atoms with E-state index < -0.39 is 0 Å². The van der Waals surface area contributed by atoms with Crippen LogP contribution in [0.15, 0.2) is 18.5 Å². The molecule has 6 heteroatoms. The second kappa shape index (κ2) is 7.77. The molecule has 6 nitrogen and oxygen atoms in total. The number of anilines is 1. The van der Waals surface area contributed by atoms with Crippen molar-refractivity contribution in [2.45, 2.75) is 20.3 Å². The summed E-state index contributed by atoms with van der Waals surface area (Å²) in [4.78, 5) is 30.8. The molecule has 1 saturated heterocycles. The maximum atomic E-state index is 12.5. The molecular weight excluding hydrogens is 280 g/mol. The number of amides is 2. The van der Waals surface area contributed by atoms with E-state index in [-0.39, 0.29) is 5.91 Å². The summed E-state index contributed by atoms with van der Waals surface area (Å²) in [7, 11) is 0. The van der Waals surface area contributed by atoms with Crippen molar-refractivity contribution in [3.05, 3.63) is 24.0 Å². The molecule has 1 fully saturated rings. The lowest BCUT2D eigenvalue weighted by Gasteiger charge is -2.32. The van der Waals surface area contributed by atoms with Gasteiger partial charge in [0.2, 0.25) is 6.41 Å². The normalized spacial score (nSPS) is 15.0. The fourth-order valence-electron chi connectivity index (χ4n) is 2.37. The van der Waals surface area contributed by atoms with Crippen LogP contribution in [0, 0.1) is 5.92 Å². The van der Waals surface area contributed by atoms with Crippen molar-refractivity contribution in [3.63, 3.8) is 0 Å². The zero-order valence-corrected chi connectivity index (χ0v) is 13.3. The van der Waals surface area contributed by atoms with Crippen molar-refractivity contribution in [1.82, 2.24) is 14.8 Å². The summed E-state index contributed by atoms with van der Waals surface area (Å²) < 4.78 is 0. The molecule has 0 saturated carbocycles. The van der Waals surface area contributed by atoms with Gasteiger partial charge in [0.15, 0.2) is 0 Å². The van der Waals surface area contributed by atoms with Gasteiger partial charge in [-0.1, -0.05) is 13.8 Å². The van der Waals surface area contributed by atoms with Gasteiger partial charge in [-0.25, -0.2) is 0 Å². The van der Waals surface area contributed by atoms with Gasteiger partial charge in [-0.2, -0.15) is 0 Å². The Morgan fingerprint density at radius 3 is 2.68 bits per heavy atom. The lowest BCUT2D eigenvalue weighted by Crippen LogP contribution is -2.48. The summed E-state index contributed by atoms with van der Waals surface area (Å²) in [5, 5.41) is 3.30. The summed E-state index contributed by atoms with van der Waals surface area (Å²) >= 11 is 0. The summed E-state index contributed by atoms with van der Waals surface area (Å²) in [6.45, 7) is 7.56. The van der Waals surface area contributed by atoms with Gasteiger partial charge in [0.25, 0.3) is 5.91 Å². The van der Waals surface area contributed by atoms with Gasteiger partial charge in [-0.3, -0.25) is 14.6 Å². The Kier molecular flexibility index (Phi) is 5.75. The van der Waals surface area contributed by atoms with Crippen molar-refractivity contribution in [1.29, 1.82) is 0 Å². The van der Waals surface area contributed by atoms with Crippen LogP contribution < -0.4 is 5.32 Å². The molecule has 0 bridgehead atoms. The van der Waals surface area contributed by atoms with Crippen LogP contribution in [0.2, 0.25) is 0 Å². The number of carbonyl (C=O) groups excluding carboxylic acids is 2. The molecule has 1 aliphatic rings. The Morgan fingerprint density at radius 1 is 1.32 bits per heavy atom. The van der Waals surface area contributed by atoms with Crippen LogP contribution in [-0.4, -0.2) is 59.8 Å². The number of carbonyl (C=O) groups is 2. The standard InChI is InChI=1S/C16H24N4O2/c1-13(2)3-4-18-15-9-14(10-17-11-15)16(22)20-7-5-19(12-21)6-8-20/h9-13,18H,3-8H2,1-2H3. The summed E-state index contributed by atoms with van der Waals surface area (Å²) in [5.41, 5.74) is 1.46. The number of nitrogens with zero attached hydrogens (tertiary/aromatic N) is 3. The van der Waals surface area contributed by atoms with Crippen molar-refractivity contribution in [2.24, 2.45) is 5.92 Å². The first-order valence-electron chi connectivity index (χ1n) is 7.77. The fourth-order valence-corrected chi connectivity index (χ4v) is 2.37. The van der Waals surface area contributed by atoms with Crippen LogP contribution in [-0.2, 0) is 4.79 Å². The van der Waals surface area contributed by atoms with Gasteiger partial charge in [0, 0.05) is 45.1 Å². The molecule has 120 valence electrons. The third kappa shape index (κ3) is 4.44. The Morgan fingerprint density at radius 2 is 2.05 bits per heavy atom. The minimum atomic E-state index is -0.0226. The fraction of sp³-hybridized carbons (Fsp3) is 0.562. The number of hydrogen-bond acceptors (Lipinski definition) is 4. The molecule has 1 aliphatic heterocycles. The average Bonchev–Trinajstić information content (AvgIpc) is 2.54. The number of nitrogens with one attached hydrogen (secondary N) is 1. The van der Waals surface area contributed by atoms with E-state index >= 15 is 0 Å². The quantitative estimate of drug-likeness (QED) is 0.808. The Hall–Kier alpha value is -2.11. The highest BCUT2D eigenvalue weighted by Crippen LogP contribution is 2.13. The first-order chi connectivity index (χ1) is 10.6. The maximum absolute atomic E-state index is 12.5. The average molecular weight is 304 g/mol. The highest BCUT2D eigenvalue weighted by molar-refractivity contribution is 5.94. The highest BCUT2D eigenvalue weighted by atomic mass is 16.2. The second-order valence-electron chi connectivity index (χ2n) is 6.01. The summed E-state index contributed by atoms with van der Waals surface area (Å²) in [6, 6.07) is 1.85. The zero-order chi connectivity index (χ0) is 15.9. The van der Waals surface area contributed by atoms with E-state index in [4.69, 9.17) is 0 Å². The number of pyridine rings is 1. The molecule has 2 heterocycles. The Labute approximate surface area is 131 Å². The van der Waals surface area contributed by atoms with Crippen LogP contribution in [0.5, 0.6) is 0 Å². The maximum Gasteiger partial charge on any atom is 0.255 e. The molecule has 1 aromatic rings. The van der Waals surface area contributed by atoms with Crippen molar-refractivity contribution < 1.29 is 9.59 Å². The molecule has 0 unspecified atom stereocenters. The third-order valence-corrected chi connectivity index (χ3v) is 3.79. The van der Waals surface area contributed by atoms with Gasteiger partial charge < -0.3 is 15.1 Å². The molecule has 0 aliphatic carbocycles. The number of piperazine rings is 1. The van der Waals surface area contributed by atoms with Crippen LogP contribution in [0.1, 0.15) is 30.6 Å². The van der Waals surface area contributed by atoms with Crippen LogP contribution in [0.25, 0.3) is 0 Å². The van der Waals surface area contributed by atoms with E-state index in [0.29, 0.717) is 37.7 Å². The van der Waals surface area contributed by atoms with Crippen molar-refractivity contribution in [2.75, 3.05) is 38.0 Å². The predicted molar refractivity (Wildman–Crippen MR) is 85.7 cm³/mol. The molecule has 0 aromatic carbocycles. The monoisotopic (exact) mass is 304 g/mol. The smallest absolute Gasteiger partial charge is 0.255 e. The molecular formula is C16H24N4O2. The van der Waals surface area contributed by atoms with E-state index in [1.165, 1.54) is 0 Å². The Bertz CT molecular complexity index is 511. The molecule has 1 N–H and O–H groups in total.